The first-order valence-corrected chi connectivity index (χ1v) is 14.4. The van der Waals surface area contributed by atoms with Crippen LogP contribution in [0.5, 0.6) is 5.75 Å². The van der Waals surface area contributed by atoms with Gasteiger partial charge in [-0.05, 0) is 91.0 Å². The van der Waals surface area contributed by atoms with Crippen molar-refractivity contribution < 1.29 is 24.2 Å². The Morgan fingerprint density at radius 3 is 2.15 bits per heavy atom. The number of nitrogens with one attached hydrogen (secondary N) is 2. The third-order valence-corrected chi connectivity index (χ3v) is 6.68. The van der Waals surface area contributed by atoms with E-state index >= 15 is 0 Å². The minimum Gasteiger partial charge on any atom is -0.507 e. The zero-order chi connectivity index (χ0) is 29.5. The number of carbonyl (C=O) groups excluding carboxylic acids is 3. The molecular formula is C30H43N3O5S. The van der Waals surface area contributed by atoms with Gasteiger partial charge in [0.25, 0.3) is 5.91 Å². The van der Waals surface area contributed by atoms with Crippen LogP contribution in [-0.2, 0) is 14.3 Å². The van der Waals surface area contributed by atoms with E-state index in [-0.39, 0.29) is 5.75 Å². The van der Waals surface area contributed by atoms with E-state index in [1.165, 1.54) is 4.90 Å². The van der Waals surface area contributed by atoms with Gasteiger partial charge in [0.1, 0.15) is 23.4 Å². The van der Waals surface area contributed by atoms with E-state index in [1.807, 2.05) is 52.1 Å². The Hall–Kier alpha value is -3.20. The van der Waals surface area contributed by atoms with Crippen molar-refractivity contribution in [3.05, 3.63) is 59.2 Å². The molecule has 9 heteroatoms. The van der Waals surface area contributed by atoms with Crippen molar-refractivity contribution in [3.63, 3.8) is 0 Å². The topological polar surface area (TPSA) is 108 Å². The normalized spacial score (nSPS) is 13.3. The number of anilines is 1. The molecule has 2 rings (SSSR count). The number of alkyl carbamates (subject to hydrolysis) is 1. The predicted octanol–water partition coefficient (Wildman–Crippen LogP) is 5.96. The molecule has 0 saturated carbocycles. The fourth-order valence-electron chi connectivity index (χ4n) is 4.17. The summed E-state index contributed by atoms with van der Waals surface area (Å²) in [5.74, 6) is -0.396. The largest absolute Gasteiger partial charge is 0.507 e. The number of thioether (sulfide) groups is 1. The highest BCUT2D eigenvalue weighted by Crippen LogP contribution is 2.37. The van der Waals surface area contributed by atoms with E-state index in [1.54, 1.807) is 63.7 Å². The third kappa shape index (κ3) is 8.92. The number of aryl methyl sites for hydroxylation is 2. The molecule has 2 unspecified atom stereocenters. The lowest BCUT2D eigenvalue weighted by Crippen LogP contribution is -2.58. The molecule has 0 aliphatic rings. The summed E-state index contributed by atoms with van der Waals surface area (Å²) in [6.07, 6.45) is 1.53. The minimum atomic E-state index is -1.19. The molecule has 0 aromatic heterocycles. The maximum absolute atomic E-state index is 14.3. The number of rotatable bonds is 9. The maximum atomic E-state index is 14.3. The summed E-state index contributed by atoms with van der Waals surface area (Å²) in [4.78, 5) is 42.5. The van der Waals surface area contributed by atoms with Crippen LogP contribution >= 0.6 is 11.8 Å². The van der Waals surface area contributed by atoms with Crippen LogP contribution in [0, 0.1) is 13.8 Å². The summed E-state index contributed by atoms with van der Waals surface area (Å²) in [5, 5.41) is 16.8. The fourth-order valence-corrected chi connectivity index (χ4v) is 4.64. The molecule has 0 bridgehead atoms. The Morgan fingerprint density at radius 1 is 0.974 bits per heavy atom. The Kier molecular flexibility index (Phi) is 10.9. The molecule has 0 heterocycles. The summed E-state index contributed by atoms with van der Waals surface area (Å²) in [5.41, 5.74) is 0.722. The Balaban J connectivity index is 2.64. The summed E-state index contributed by atoms with van der Waals surface area (Å²) >= 11 is 1.54. The van der Waals surface area contributed by atoms with Crippen molar-refractivity contribution in [2.45, 2.75) is 85.0 Å². The van der Waals surface area contributed by atoms with Gasteiger partial charge in [-0.25, -0.2) is 4.79 Å². The SMILES string of the molecule is CSCCC(NC(=O)OC(C)(C)C)C(=O)N(C(C(=O)Nc1ccccc1C)c1cccc(C)c1O)C(C)(C)C. The molecule has 8 nitrogen and oxygen atoms in total. The van der Waals surface area contributed by atoms with Crippen LogP contribution in [0.15, 0.2) is 42.5 Å². The smallest absolute Gasteiger partial charge is 0.408 e. The van der Waals surface area contributed by atoms with Gasteiger partial charge >= 0.3 is 6.09 Å². The quantitative estimate of drug-likeness (QED) is 0.351. The molecular weight excluding hydrogens is 514 g/mol. The number of hydrogen-bond donors (Lipinski definition) is 3. The van der Waals surface area contributed by atoms with E-state index in [4.69, 9.17) is 4.74 Å². The molecule has 3 N–H and O–H groups in total. The third-order valence-electron chi connectivity index (χ3n) is 6.03. The van der Waals surface area contributed by atoms with Gasteiger partial charge in [-0.15, -0.1) is 0 Å². The number of ether oxygens (including phenoxy) is 1. The Labute approximate surface area is 236 Å². The number of para-hydroxylation sites is 2. The highest BCUT2D eigenvalue weighted by atomic mass is 32.2. The molecule has 0 spiro atoms. The molecule has 3 amide bonds. The van der Waals surface area contributed by atoms with Gasteiger partial charge in [0.2, 0.25) is 5.91 Å². The molecule has 214 valence electrons. The van der Waals surface area contributed by atoms with Crippen LogP contribution in [0.4, 0.5) is 10.5 Å². The lowest BCUT2D eigenvalue weighted by Gasteiger charge is -2.43. The number of amides is 3. The highest BCUT2D eigenvalue weighted by molar-refractivity contribution is 7.98. The molecule has 0 aliphatic heterocycles. The second-order valence-corrected chi connectivity index (χ2v) is 12.6. The summed E-state index contributed by atoms with van der Waals surface area (Å²) in [6, 6.07) is 10.4. The van der Waals surface area contributed by atoms with Gasteiger partial charge in [-0.1, -0.05) is 36.4 Å². The predicted molar refractivity (Wildman–Crippen MR) is 158 cm³/mol. The van der Waals surface area contributed by atoms with Gasteiger partial charge in [-0.3, -0.25) is 9.59 Å². The first kappa shape index (κ1) is 32.0. The lowest BCUT2D eigenvalue weighted by molar-refractivity contribution is -0.146. The Bertz CT molecular complexity index is 1170. The number of carbonyl (C=O) groups is 3. The maximum Gasteiger partial charge on any atom is 0.408 e. The van der Waals surface area contributed by atoms with Crippen LogP contribution in [0.2, 0.25) is 0 Å². The summed E-state index contributed by atoms with van der Waals surface area (Å²) < 4.78 is 5.44. The Morgan fingerprint density at radius 2 is 1.59 bits per heavy atom. The van der Waals surface area contributed by atoms with Crippen molar-refractivity contribution in [2.24, 2.45) is 0 Å². The van der Waals surface area contributed by atoms with E-state index in [0.29, 0.717) is 29.0 Å². The molecule has 0 fully saturated rings. The zero-order valence-electron chi connectivity index (χ0n) is 24.5. The molecule has 0 radical (unpaired) electrons. The van der Waals surface area contributed by atoms with Crippen molar-refractivity contribution in [2.75, 3.05) is 17.3 Å². The van der Waals surface area contributed by atoms with Crippen molar-refractivity contribution in [3.8, 4) is 5.75 Å². The number of phenols is 1. The van der Waals surface area contributed by atoms with Gasteiger partial charge in [-0.2, -0.15) is 11.8 Å². The molecule has 2 aromatic carbocycles. The number of aromatic hydroxyl groups is 1. The second-order valence-electron chi connectivity index (χ2n) is 11.6. The monoisotopic (exact) mass is 557 g/mol. The summed E-state index contributed by atoms with van der Waals surface area (Å²) in [7, 11) is 0. The van der Waals surface area contributed by atoms with Crippen molar-refractivity contribution >= 4 is 35.4 Å². The molecule has 0 aliphatic carbocycles. The fraction of sp³-hybridized carbons (Fsp3) is 0.500. The van der Waals surface area contributed by atoms with Gasteiger partial charge in [0, 0.05) is 16.8 Å². The number of phenolic OH excluding ortho intramolecular Hbond substituents is 1. The molecule has 39 heavy (non-hydrogen) atoms. The van der Waals surface area contributed by atoms with Gasteiger partial charge in [0.05, 0.1) is 0 Å². The first-order chi connectivity index (χ1) is 18.1. The average Bonchev–Trinajstić information content (AvgIpc) is 2.81. The number of hydrogen-bond acceptors (Lipinski definition) is 6. The van der Waals surface area contributed by atoms with Gasteiger partial charge < -0.3 is 25.4 Å². The number of benzene rings is 2. The van der Waals surface area contributed by atoms with Crippen LogP contribution < -0.4 is 10.6 Å². The zero-order valence-corrected chi connectivity index (χ0v) is 25.4. The lowest BCUT2D eigenvalue weighted by atomic mass is 9.93. The number of nitrogens with zero attached hydrogens (tertiary/aromatic N) is 1. The van der Waals surface area contributed by atoms with E-state index < -0.39 is 41.1 Å². The molecule has 0 saturated heterocycles. The van der Waals surface area contributed by atoms with E-state index in [0.717, 1.165) is 5.56 Å². The van der Waals surface area contributed by atoms with Crippen LogP contribution in [0.25, 0.3) is 0 Å². The highest BCUT2D eigenvalue weighted by Gasteiger charge is 2.43. The summed E-state index contributed by atoms with van der Waals surface area (Å²) in [6.45, 7) is 14.3. The second kappa shape index (κ2) is 13.2. The minimum absolute atomic E-state index is 0.0646. The van der Waals surface area contributed by atoms with Crippen LogP contribution in [0.1, 0.15) is 70.7 Å². The van der Waals surface area contributed by atoms with E-state index in [9.17, 15) is 19.5 Å². The van der Waals surface area contributed by atoms with Crippen molar-refractivity contribution in [1.82, 2.24) is 10.2 Å². The van der Waals surface area contributed by atoms with E-state index in [2.05, 4.69) is 10.6 Å². The molecule has 2 atom stereocenters. The van der Waals surface area contributed by atoms with Crippen LogP contribution in [0.3, 0.4) is 0 Å². The van der Waals surface area contributed by atoms with Gasteiger partial charge in [0.15, 0.2) is 0 Å². The standard InChI is InChI=1S/C30H43N3O5S/c1-19-13-10-11-16-22(19)31-26(35)24(21-15-12-14-20(2)25(21)34)33(29(3,4)5)27(36)23(17-18-39-9)32-28(37)38-30(6,7)8/h10-16,23-24,34H,17-18H2,1-9H3,(H,31,35)(H,32,37). The first-order valence-electron chi connectivity index (χ1n) is 13.0. The average molecular weight is 558 g/mol. The van der Waals surface area contributed by atoms with Crippen LogP contribution in [-0.4, -0.2) is 57.1 Å². The molecule has 2 aromatic rings. The van der Waals surface area contributed by atoms with Crippen molar-refractivity contribution in [1.29, 1.82) is 0 Å².